The van der Waals surface area contributed by atoms with E-state index in [1.165, 1.54) is 44.9 Å². The highest BCUT2D eigenvalue weighted by Crippen LogP contribution is 2.39. The molecule has 0 spiro atoms. The Morgan fingerprint density at radius 1 is 0.941 bits per heavy atom. The van der Waals surface area contributed by atoms with Crippen LogP contribution in [0.3, 0.4) is 0 Å². The maximum absolute atomic E-state index is 6.07. The highest BCUT2D eigenvalue weighted by atomic mass is 16.6. The quantitative estimate of drug-likeness (QED) is 0.708. The van der Waals surface area contributed by atoms with Crippen LogP contribution in [0.15, 0.2) is 0 Å². The van der Waals surface area contributed by atoms with Gasteiger partial charge in [-0.1, -0.05) is 0 Å². The summed E-state index contributed by atoms with van der Waals surface area (Å²) < 4.78 is 17.0. The molecule has 0 N–H and O–H groups in total. The first-order valence-electron chi connectivity index (χ1n) is 7.15. The molecule has 3 fully saturated rings. The van der Waals surface area contributed by atoms with Crippen LogP contribution in [0, 0.1) is 5.92 Å². The standard InChI is InChI=1S/C14H24O3/c1-15-11-3-5-12(6-4-11)16-9-10-2-7-13-14(8-10)17-13/h10-14H,2-9H2,1H3. The Balaban J connectivity index is 1.34. The maximum atomic E-state index is 6.07. The molecule has 3 rings (SSSR count). The molecule has 3 aliphatic rings. The van der Waals surface area contributed by atoms with Gasteiger partial charge >= 0.3 is 0 Å². The van der Waals surface area contributed by atoms with Crippen molar-refractivity contribution in [1.29, 1.82) is 0 Å². The molecule has 3 unspecified atom stereocenters. The van der Waals surface area contributed by atoms with E-state index >= 15 is 0 Å². The van der Waals surface area contributed by atoms with E-state index in [4.69, 9.17) is 14.2 Å². The number of methoxy groups -OCH3 is 1. The molecule has 0 radical (unpaired) electrons. The van der Waals surface area contributed by atoms with Gasteiger partial charge in [0.15, 0.2) is 0 Å². The summed E-state index contributed by atoms with van der Waals surface area (Å²) in [6.07, 6.45) is 10.6. The van der Waals surface area contributed by atoms with Crippen LogP contribution in [0.1, 0.15) is 44.9 Å². The fourth-order valence-electron chi connectivity index (χ4n) is 3.34. The lowest BCUT2D eigenvalue weighted by atomic mass is 9.89. The fraction of sp³-hybridized carbons (Fsp3) is 1.00. The van der Waals surface area contributed by atoms with Gasteiger partial charge in [0.25, 0.3) is 0 Å². The molecule has 98 valence electrons. The first kappa shape index (κ1) is 11.9. The van der Waals surface area contributed by atoms with Crippen LogP contribution in [0.25, 0.3) is 0 Å². The number of ether oxygens (including phenoxy) is 3. The van der Waals surface area contributed by atoms with Gasteiger partial charge in [-0.05, 0) is 50.9 Å². The molecule has 0 aromatic rings. The zero-order valence-electron chi connectivity index (χ0n) is 10.8. The Labute approximate surface area is 104 Å². The van der Waals surface area contributed by atoms with Crippen molar-refractivity contribution in [3.8, 4) is 0 Å². The number of fused-ring (bicyclic) bond motifs is 1. The summed E-state index contributed by atoms with van der Waals surface area (Å²) >= 11 is 0. The molecular formula is C14H24O3. The van der Waals surface area contributed by atoms with Crippen molar-refractivity contribution in [2.24, 2.45) is 5.92 Å². The van der Waals surface area contributed by atoms with Crippen LogP contribution in [0.5, 0.6) is 0 Å². The van der Waals surface area contributed by atoms with Gasteiger partial charge in [-0.2, -0.15) is 0 Å². The number of hydrogen-bond donors (Lipinski definition) is 0. The van der Waals surface area contributed by atoms with Crippen LogP contribution in [-0.4, -0.2) is 38.1 Å². The van der Waals surface area contributed by atoms with Crippen molar-refractivity contribution >= 4 is 0 Å². The van der Waals surface area contributed by atoms with Gasteiger partial charge < -0.3 is 14.2 Å². The highest BCUT2D eigenvalue weighted by molar-refractivity contribution is 4.91. The molecular weight excluding hydrogens is 216 g/mol. The minimum atomic E-state index is 0.477. The fourth-order valence-corrected chi connectivity index (χ4v) is 3.34. The summed E-state index contributed by atoms with van der Waals surface area (Å²) in [5.41, 5.74) is 0. The average Bonchev–Trinajstić information content (AvgIpc) is 3.15. The largest absolute Gasteiger partial charge is 0.381 e. The van der Waals surface area contributed by atoms with E-state index in [0.717, 1.165) is 12.5 Å². The van der Waals surface area contributed by atoms with Gasteiger partial charge in [-0.25, -0.2) is 0 Å². The highest BCUT2D eigenvalue weighted by Gasteiger charge is 2.43. The van der Waals surface area contributed by atoms with Crippen molar-refractivity contribution in [3.63, 3.8) is 0 Å². The second kappa shape index (κ2) is 5.25. The normalized spacial score (nSPS) is 45.4. The lowest BCUT2D eigenvalue weighted by Gasteiger charge is -2.29. The van der Waals surface area contributed by atoms with E-state index in [1.54, 1.807) is 0 Å². The summed E-state index contributed by atoms with van der Waals surface area (Å²) in [6, 6.07) is 0. The van der Waals surface area contributed by atoms with Crippen LogP contribution in [0.2, 0.25) is 0 Å². The summed E-state index contributed by atoms with van der Waals surface area (Å²) in [7, 11) is 1.82. The van der Waals surface area contributed by atoms with E-state index in [1.807, 2.05) is 7.11 Å². The zero-order chi connectivity index (χ0) is 11.7. The molecule has 17 heavy (non-hydrogen) atoms. The molecule has 2 aliphatic carbocycles. The summed E-state index contributed by atoms with van der Waals surface area (Å²) in [5, 5.41) is 0. The third kappa shape index (κ3) is 3.01. The number of rotatable bonds is 4. The first-order chi connectivity index (χ1) is 8.35. The molecule has 3 heteroatoms. The second-order valence-corrected chi connectivity index (χ2v) is 5.86. The van der Waals surface area contributed by atoms with Gasteiger partial charge in [0, 0.05) is 13.7 Å². The van der Waals surface area contributed by atoms with Crippen LogP contribution < -0.4 is 0 Å². The van der Waals surface area contributed by atoms with Gasteiger partial charge in [0.1, 0.15) is 0 Å². The van der Waals surface area contributed by atoms with Gasteiger partial charge in [-0.3, -0.25) is 0 Å². The molecule has 3 nitrogen and oxygen atoms in total. The van der Waals surface area contributed by atoms with E-state index < -0.39 is 0 Å². The van der Waals surface area contributed by atoms with Gasteiger partial charge in [0.2, 0.25) is 0 Å². The summed E-state index contributed by atoms with van der Waals surface area (Å²) in [5.74, 6) is 0.749. The Hall–Kier alpha value is -0.120. The molecule has 1 aliphatic heterocycles. The third-order valence-electron chi connectivity index (χ3n) is 4.63. The molecule has 1 saturated heterocycles. The molecule has 0 aromatic carbocycles. The molecule has 2 saturated carbocycles. The molecule has 3 atom stereocenters. The minimum Gasteiger partial charge on any atom is -0.381 e. The van der Waals surface area contributed by atoms with E-state index in [2.05, 4.69) is 0 Å². The lowest BCUT2D eigenvalue weighted by Crippen LogP contribution is -2.28. The predicted octanol–water partition coefficient (Wildman–Crippen LogP) is 2.53. The Morgan fingerprint density at radius 2 is 1.71 bits per heavy atom. The van der Waals surface area contributed by atoms with Crippen molar-refractivity contribution in [2.45, 2.75) is 69.4 Å². The topological polar surface area (TPSA) is 31.0 Å². The Bertz CT molecular complexity index is 248. The lowest BCUT2D eigenvalue weighted by molar-refractivity contribution is -0.0307. The van der Waals surface area contributed by atoms with Crippen LogP contribution in [-0.2, 0) is 14.2 Å². The summed E-state index contributed by atoms with van der Waals surface area (Å²) in [4.78, 5) is 0. The monoisotopic (exact) mass is 240 g/mol. The van der Waals surface area contributed by atoms with Gasteiger partial charge in [-0.15, -0.1) is 0 Å². The zero-order valence-corrected chi connectivity index (χ0v) is 10.8. The van der Waals surface area contributed by atoms with E-state index in [9.17, 15) is 0 Å². The minimum absolute atomic E-state index is 0.477. The maximum Gasteiger partial charge on any atom is 0.0845 e. The van der Waals surface area contributed by atoms with Gasteiger partial charge in [0.05, 0.1) is 24.4 Å². The third-order valence-corrected chi connectivity index (χ3v) is 4.63. The number of epoxide rings is 1. The Kier molecular flexibility index (Phi) is 3.69. The van der Waals surface area contributed by atoms with Crippen LogP contribution >= 0.6 is 0 Å². The van der Waals surface area contributed by atoms with Crippen molar-refractivity contribution in [3.05, 3.63) is 0 Å². The van der Waals surface area contributed by atoms with E-state index in [-0.39, 0.29) is 0 Å². The van der Waals surface area contributed by atoms with Crippen molar-refractivity contribution < 1.29 is 14.2 Å². The average molecular weight is 240 g/mol. The molecule has 0 bridgehead atoms. The molecule has 1 heterocycles. The molecule has 0 aromatic heterocycles. The second-order valence-electron chi connectivity index (χ2n) is 5.86. The van der Waals surface area contributed by atoms with Crippen LogP contribution in [0.4, 0.5) is 0 Å². The predicted molar refractivity (Wildman–Crippen MR) is 65.0 cm³/mol. The van der Waals surface area contributed by atoms with Crippen molar-refractivity contribution in [2.75, 3.05) is 13.7 Å². The first-order valence-corrected chi connectivity index (χ1v) is 7.15. The smallest absolute Gasteiger partial charge is 0.0845 e. The van der Waals surface area contributed by atoms with Crippen molar-refractivity contribution in [1.82, 2.24) is 0 Å². The summed E-state index contributed by atoms with van der Waals surface area (Å²) in [6.45, 7) is 0.953. The Morgan fingerprint density at radius 3 is 2.41 bits per heavy atom. The SMILES string of the molecule is COC1CCC(OCC2CCC3OC3C2)CC1. The number of hydrogen-bond acceptors (Lipinski definition) is 3. The van der Waals surface area contributed by atoms with E-state index in [0.29, 0.717) is 24.4 Å². The molecule has 0 amide bonds.